The first-order valence-electron chi connectivity index (χ1n) is 2.03. The van der Waals surface area contributed by atoms with E-state index in [4.69, 9.17) is 0 Å². The van der Waals surface area contributed by atoms with Crippen molar-refractivity contribution < 1.29 is 0 Å². The van der Waals surface area contributed by atoms with Crippen molar-refractivity contribution in [3.05, 3.63) is 18.5 Å². The smallest absolute Gasteiger partial charge is 0.0529 e. The van der Waals surface area contributed by atoms with E-state index in [1.54, 1.807) is 24.7 Å². The van der Waals surface area contributed by atoms with Crippen LogP contribution in [0.2, 0.25) is 0 Å². The van der Waals surface area contributed by atoms with Gasteiger partial charge >= 0.3 is 0 Å². The zero-order chi connectivity index (χ0) is 6.24. The van der Waals surface area contributed by atoms with Gasteiger partial charge < -0.3 is 0 Å². The number of nitrogens with zero attached hydrogens (tertiary/aromatic N) is 3. The second-order valence-electron chi connectivity index (χ2n) is 0.811. The average Bonchev–Trinajstić information content (AvgIpc) is 1.96. The maximum atomic E-state index is 3.53. The average molecular weight is 129 g/mol. The molecule has 0 amide bonds. The molecule has 3 nitrogen and oxygen atoms in total. The largest absolute Gasteiger partial charge is 0.183 e. The first-order valence-corrected chi connectivity index (χ1v) is 2.92. The second-order valence-corrected chi connectivity index (χ2v) is 0.811. The van der Waals surface area contributed by atoms with Crippen LogP contribution in [-0.2, 0) is 0 Å². The van der Waals surface area contributed by atoms with Crippen LogP contribution in [0.1, 0.15) is 0 Å². The van der Waals surface area contributed by atoms with Crippen molar-refractivity contribution >= 4 is 12.6 Å². The van der Waals surface area contributed by atoms with Crippen LogP contribution in [0, 0.1) is 0 Å². The SMILES string of the molecule is CS.c1cnnnc1. The van der Waals surface area contributed by atoms with E-state index in [2.05, 4.69) is 28.0 Å². The summed E-state index contributed by atoms with van der Waals surface area (Å²) in [6.45, 7) is 0. The van der Waals surface area contributed by atoms with Crippen molar-refractivity contribution in [2.45, 2.75) is 0 Å². The minimum Gasteiger partial charge on any atom is -0.183 e. The van der Waals surface area contributed by atoms with Crippen LogP contribution in [-0.4, -0.2) is 21.7 Å². The number of hydrogen-bond acceptors (Lipinski definition) is 4. The quantitative estimate of drug-likeness (QED) is 0.516. The van der Waals surface area contributed by atoms with E-state index in [1.807, 2.05) is 0 Å². The Morgan fingerprint density at radius 3 is 1.75 bits per heavy atom. The van der Waals surface area contributed by atoms with Crippen molar-refractivity contribution in [2.24, 2.45) is 0 Å². The van der Waals surface area contributed by atoms with E-state index in [9.17, 15) is 0 Å². The first kappa shape index (κ1) is 7.36. The van der Waals surface area contributed by atoms with Gasteiger partial charge in [0.15, 0.2) is 0 Å². The Hall–Kier alpha value is -0.640. The van der Waals surface area contributed by atoms with Crippen LogP contribution >= 0.6 is 12.6 Å². The summed E-state index contributed by atoms with van der Waals surface area (Å²) in [5.41, 5.74) is 0. The molecular formula is C4H7N3S. The third-order valence-corrected chi connectivity index (χ3v) is 0.409. The zero-order valence-electron chi connectivity index (χ0n) is 4.52. The maximum absolute atomic E-state index is 3.53. The van der Waals surface area contributed by atoms with Gasteiger partial charge in [-0.05, 0) is 17.5 Å². The summed E-state index contributed by atoms with van der Waals surface area (Å²) in [4.78, 5) is 0. The van der Waals surface area contributed by atoms with Gasteiger partial charge in [-0.25, -0.2) is 0 Å². The predicted molar refractivity (Wildman–Crippen MR) is 34.7 cm³/mol. The Labute approximate surface area is 53.6 Å². The van der Waals surface area contributed by atoms with E-state index in [1.165, 1.54) is 0 Å². The lowest BCUT2D eigenvalue weighted by Gasteiger charge is -1.68. The van der Waals surface area contributed by atoms with Gasteiger partial charge in [-0.2, -0.15) is 12.6 Å². The normalized spacial score (nSPS) is 6.75. The fourth-order valence-corrected chi connectivity index (χ4v) is 0.205. The van der Waals surface area contributed by atoms with Crippen LogP contribution in [0.3, 0.4) is 0 Å². The molecule has 1 heterocycles. The van der Waals surface area contributed by atoms with Gasteiger partial charge in [0.05, 0.1) is 12.4 Å². The molecule has 0 saturated carbocycles. The molecule has 44 valence electrons. The third-order valence-electron chi connectivity index (χ3n) is 0.409. The third kappa shape index (κ3) is 3.55. The number of hydrogen-bond donors (Lipinski definition) is 1. The molecule has 0 aliphatic heterocycles. The summed E-state index contributed by atoms with van der Waals surface area (Å²) in [6, 6.07) is 1.72. The molecule has 0 unspecified atom stereocenters. The standard InChI is InChI=1S/C3H3N3.CH4S/c1-2-4-6-5-3-1;1-2/h1-3H;2H,1H3. The molecule has 0 atom stereocenters. The summed E-state index contributed by atoms with van der Waals surface area (Å²) in [5.74, 6) is 0. The van der Waals surface area contributed by atoms with E-state index < -0.39 is 0 Å². The van der Waals surface area contributed by atoms with Gasteiger partial charge in [0.25, 0.3) is 0 Å². The van der Waals surface area contributed by atoms with Crippen LogP contribution in [0.25, 0.3) is 0 Å². The highest BCUT2D eigenvalue weighted by molar-refractivity contribution is 7.79. The van der Waals surface area contributed by atoms with E-state index in [0.29, 0.717) is 0 Å². The fourth-order valence-electron chi connectivity index (χ4n) is 0.205. The lowest BCUT2D eigenvalue weighted by molar-refractivity contribution is 0.865. The van der Waals surface area contributed by atoms with E-state index in [0.717, 1.165) is 0 Å². The summed E-state index contributed by atoms with van der Waals surface area (Å²) < 4.78 is 0. The van der Waals surface area contributed by atoms with Gasteiger partial charge in [0.2, 0.25) is 0 Å². The number of rotatable bonds is 0. The molecule has 0 radical (unpaired) electrons. The molecule has 0 bridgehead atoms. The molecule has 0 saturated heterocycles. The minimum absolute atomic E-state index is 1.58. The molecule has 0 fully saturated rings. The minimum atomic E-state index is 1.58. The lowest BCUT2D eigenvalue weighted by Crippen LogP contribution is -1.78. The Morgan fingerprint density at radius 2 is 1.62 bits per heavy atom. The van der Waals surface area contributed by atoms with E-state index >= 15 is 0 Å². The van der Waals surface area contributed by atoms with Crippen molar-refractivity contribution in [2.75, 3.05) is 6.26 Å². The molecule has 1 rings (SSSR count). The zero-order valence-corrected chi connectivity index (χ0v) is 5.42. The Morgan fingerprint density at radius 1 is 1.12 bits per heavy atom. The van der Waals surface area contributed by atoms with Crippen LogP contribution in [0.5, 0.6) is 0 Å². The topological polar surface area (TPSA) is 38.7 Å². The van der Waals surface area contributed by atoms with Gasteiger partial charge in [-0.1, -0.05) is 0 Å². The summed E-state index contributed by atoms with van der Waals surface area (Å²) in [5, 5.41) is 10.1. The molecule has 1 aromatic rings. The molecule has 0 spiro atoms. The molecule has 1 aromatic heterocycles. The van der Waals surface area contributed by atoms with Gasteiger partial charge in [-0.15, -0.1) is 10.2 Å². The van der Waals surface area contributed by atoms with Gasteiger partial charge in [0, 0.05) is 0 Å². The molecule has 0 N–H and O–H groups in total. The molecule has 0 aliphatic rings. The monoisotopic (exact) mass is 129 g/mol. The molecule has 4 heteroatoms. The first-order chi connectivity index (χ1) is 4.00. The molecule has 0 aromatic carbocycles. The van der Waals surface area contributed by atoms with Gasteiger partial charge in [-0.3, -0.25) is 0 Å². The maximum Gasteiger partial charge on any atom is 0.0529 e. The molecular weight excluding hydrogens is 122 g/mol. The lowest BCUT2D eigenvalue weighted by atomic mass is 10.7. The predicted octanol–water partition coefficient (Wildman–Crippen LogP) is 0.418. The van der Waals surface area contributed by atoms with Crippen LogP contribution in [0.15, 0.2) is 18.5 Å². The Balaban J connectivity index is 0.000000222. The highest BCUT2D eigenvalue weighted by Gasteiger charge is 1.60. The summed E-state index contributed by atoms with van der Waals surface area (Å²) >= 11 is 3.53. The van der Waals surface area contributed by atoms with Gasteiger partial charge in [0.1, 0.15) is 0 Å². The highest BCUT2D eigenvalue weighted by Crippen LogP contribution is 1.61. The van der Waals surface area contributed by atoms with Crippen molar-refractivity contribution in [1.82, 2.24) is 15.4 Å². The van der Waals surface area contributed by atoms with Crippen molar-refractivity contribution in [3.63, 3.8) is 0 Å². The van der Waals surface area contributed by atoms with Crippen LogP contribution < -0.4 is 0 Å². The van der Waals surface area contributed by atoms with E-state index in [-0.39, 0.29) is 0 Å². The summed E-state index contributed by atoms with van der Waals surface area (Å²) in [6.07, 6.45) is 4.85. The Kier molecular flexibility index (Phi) is 5.85. The second kappa shape index (κ2) is 6.36. The number of aromatic nitrogens is 3. The fraction of sp³-hybridized carbons (Fsp3) is 0.250. The van der Waals surface area contributed by atoms with Crippen LogP contribution in [0.4, 0.5) is 0 Å². The number of thiol groups is 1. The molecule has 0 aliphatic carbocycles. The highest BCUT2D eigenvalue weighted by atomic mass is 32.1. The molecule has 8 heavy (non-hydrogen) atoms. The Bertz CT molecular complexity index is 83.2. The van der Waals surface area contributed by atoms with Crippen molar-refractivity contribution in [3.8, 4) is 0 Å². The van der Waals surface area contributed by atoms with Crippen molar-refractivity contribution in [1.29, 1.82) is 0 Å². The summed E-state index contributed by atoms with van der Waals surface area (Å²) in [7, 11) is 0.